The molecule has 34 heavy (non-hydrogen) atoms. The third kappa shape index (κ3) is 6.04. The van der Waals surface area contributed by atoms with Crippen molar-refractivity contribution in [2.24, 2.45) is 5.92 Å². The standard InChI is InChI=1S/C27H32N4O3/c1-2-20-9-6-10-24(15-20)31-13-11-22(12-14-31)26(32)29-25(27(33)34)16-23-18-30(19-28-23)17-21-7-4-3-5-8-21/h3-10,15,18-19,22,25H,2,11-14,16-17H2,1H3,(H,29,32)(H,33,34)/t25-/m0/s1. The zero-order valence-electron chi connectivity index (χ0n) is 19.6. The number of aliphatic carboxylic acids is 1. The number of anilines is 1. The summed E-state index contributed by atoms with van der Waals surface area (Å²) in [6, 6.07) is 17.5. The molecule has 7 nitrogen and oxygen atoms in total. The maximum atomic E-state index is 12.9. The highest BCUT2D eigenvalue weighted by atomic mass is 16.4. The third-order valence-corrected chi connectivity index (χ3v) is 6.47. The Morgan fingerprint density at radius 3 is 2.53 bits per heavy atom. The number of aromatic nitrogens is 2. The normalized spacial score (nSPS) is 15.1. The fraction of sp³-hybridized carbons (Fsp3) is 0.370. The number of carboxylic acids is 1. The smallest absolute Gasteiger partial charge is 0.326 e. The molecule has 1 aliphatic rings. The molecular formula is C27H32N4O3. The topological polar surface area (TPSA) is 87.5 Å². The quantitative estimate of drug-likeness (QED) is 0.510. The van der Waals surface area contributed by atoms with Crippen LogP contribution in [0.5, 0.6) is 0 Å². The molecule has 2 N–H and O–H groups in total. The predicted octanol–water partition coefficient (Wildman–Crippen LogP) is 3.52. The van der Waals surface area contributed by atoms with Gasteiger partial charge in [-0.25, -0.2) is 9.78 Å². The molecule has 0 saturated carbocycles. The van der Waals surface area contributed by atoms with E-state index in [9.17, 15) is 14.7 Å². The number of nitrogens with zero attached hydrogens (tertiary/aromatic N) is 3. The van der Waals surface area contributed by atoms with Crippen molar-refractivity contribution in [2.75, 3.05) is 18.0 Å². The molecule has 178 valence electrons. The molecule has 1 amide bonds. The lowest BCUT2D eigenvalue weighted by Crippen LogP contribution is -2.47. The van der Waals surface area contributed by atoms with E-state index in [1.54, 1.807) is 6.33 Å². The van der Waals surface area contributed by atoms with E-state index in [1.807, 2.05) is 41.1 Å². The maximum Gasteiger partial charge on any atom is 0.326 e. The van der Waals surface area contributed by atoms with Crippen LogP contribution >= 0.6 is 0 Å². The SMILES string of the molecule is CCc1cccc(N2CCC(C(=O)N[C@@H](Cc3cn(Cc4ccccc4)cn3)C(=O)O)CC2)c1. The highest BCUT2D eigenvalue weighted by Crippen LogP contribution is 2.24. The first kappa shape index (κ1) is 23.5. The summed E-state index contributed by atoms with van der Waals surface area (Å²) in [7, 11) is 0. The minimum atomic E-state index is -1.04. The molecule has 2 aromatic carbocycles. The van der Waals surface area contributed by atoms with Gasteiger partial charge in [0.15, 0.2) is 0 Å². The number of aryl methyl sites for hydroxylation is 1. The number of nitrogens with one attached hydrogen (secondary N) is 1. The van der Waals surface area contributed by atoms with Gasteiger partial charge in [0.1, 0.15) is 6.04 Å². The zero-order chi connectivity index (χ0) is 23.9. The predicted molar refractivity (Wildman–Crippen MR) is 132 cm³/mol. The molecule has 0 spiro atoms. The first-order valence-corrected chi connectivity index (χ1v) is 11.9. The van der Waals surface area contributed by atoms with Gasteiger partial charge in [-0.05, 0) is 42.5 Å². The second kappa shape index (κ2) is 11.0. The fourth-order valence-electron chi connectivity index (χ4n) is 4.46. The van der Waals surface area contributed by atoms with Crippen molar-refractivity contribution in [1.82, 2.24) is 14.9 Å². The van der Waals surface area contributed by atoms with Crippen LogP contribution in [0, 0.1) is 5.92 Å². The average molecular weight is 461 g/mol. The van der Waals surface area contributed by atoms with Gasteiger partial charge < -0.3 is 19.9 Å². The van der Waals surface area contributed by atoms with E-state index in [-0.39, 0.29) is 18.2 Å². The van der Waals surface area contributed by atoms with Gasteiger partial charge in [0.25, 0.3) is 0 Å². The summed E-state index contributed by atoms with van der Waals surface area (Å²) in [4.78, 5) is 31.4. The number of carbonyl (C=O) groups is 2. The number of rotatable bonds is 9. The van der Waals surface area contributed by atoms with Gasteiger partial charge in [-0.2, -0.15) is 0 Å². The highest BCUT2D eigenvalue weighted by molar-refractivity contribution is 5.85. The highest BCUT2D eigenvalue weighted by Gasteiger charge is 2.29. The summed E-state index contributed by atoms with van der Waals surface area (Å²) in [5.41, 5.74) is 4.28. The number of amides is 1. The van der Waals surface area contributed by atoms with Crippen molar-refractivity contribution in [1.29, 1.82) is 0 Å². The third-order valence-electron chi connectivity index (χ3n) is 6.47. The van der Waals surface area contributed by atoms with Crippen LogP contribution in [-0.4, -0.2) is 45.7 Å². The lowest BCUT2D eigenvalue weighted by molar-refractivity contribution is -0.142. The van der Waals surface area contributed by atoms with Crippen molar-refractivity contribution in [2.45, 2.75) is 45.2 Å². The Morgan fingerprint density at radius 2 is 1.82 bits per heavy atom. The Morgan fingerprint density at radius 1 is 1.09 bits per heavy atom. The molecule has 1 aliphatic heterocycles. The van der Waals surface area contributed by atoms with E-state index in [2.05, 4.69) is 46.4 Å². The van der Waals surface area contributed by atoms with E-state index < -0.39 is 12.0 Å². The summed E-state index contributed by atoms with van der Waals surface area (Å²) in [5.74, 6) is -1.40. The summed E-state index contributed by atoms with van der Waals surface area (Å²) in [5, 5.41) is 12.5. The Bertz CT molecular complexity index is 1100. The van der Waals surface area contributed by atoms with Crippen LogP contribution in [0.25, 0.3) is 0 Å². The minimum Gasteiger partial charge on any atom is -0.480 e. The number of carboxylic acid groups (broad SMARTS) is 1. The summed E-state index contributed by atoms with van der Waals surface area (Å²) in [6.07, 6.45) is 6.12. The number of imidazole rings is 1. The molecule has 3 aromatic rings. The Labute approximate surface area is 200 Å². The second-order valence-electron chi connectivity index (χ2n) is 8.91. The second-order valence-corrected chi connectivity index (χ2v) is 8.91. The molecule has 1 saturated heterocycles. The Hall–Kier alpha value is -3.61. The summed E-state index contributed by atoms with van der Waals surface area (Å²) >= 11 is 0. The molecule has 0 aliphatic carbocycles. The van der Waals surface area contributed by atoms with Gasteiger partial charge in [0.2, 0.25) is 5.91 Å². The summed E-state index contributed by atoms with van der Waals surface area (Å²) in [6.45, 7) is 4.37. The van der Waals surface area contributed by atoms with Crippen molar-refractivity contribution in [3.63, 3.8) is 0 Å². The number of carbonyl (C=O) groups excluding carboxylic acids is 1. The van der Waals surface area contributed by atoms with Crippen LogP contribution in [0.15, 0.2) is 67.1 Å². The lowest BCUT2D eigenvalue weighted by Gasteiger charge is -2.33. The molecule has 4 rings (SSSR count). The van der Waals surface area contributed by atoms with E-state index in [0.717, 1.165) is 25.1 Å². The number of benzene rings is 2. The van der Waals surface area contributed by atoms with Gasteiger partial charge in [-0.1, -0.05) is 49.4 Å². The number of piperidine rings is 1. The van der Waals surface area contributed by atoms with Crippen LogP contribution in [0.1, 0.15) is 36.6 Å². The van der Waals surface area contributed by atoms with Crippen LogP contribution in [-0.2, 0) is 29.0 Å². The molecule has 0 unspecified atom stereocenters. The maximum absolute atomic E-state index is 12.9. The van der Waals surface area contributed by atoms with Crippen LogP contribution in [0.3, 0.4) is 0 Å². The fourth-order valence-corrected chi connectivity index (χ4v) is 4.46. The van der Waals surface area contributed by atoms with E-state index >= 15 is 0 Å². The van der Waals surface area contributed by atoms with Crippen molar-refractivity contribution in [3.05, 3.63) is 83.9 Å². The zero-order valence-corrected chi connectivity index (χ0v) is 19.6. The summed E-state index contributed by atoms with van der Waals surface area (Å²) < 4.78 is 1.93. The van der Waals surface area contributed by atoms with Gasteiger partial charge in [0, 0.05) is 43.9 Å². The molecule has 2 heterocycles. The molecule has 0 radical (unpaired) electrons. The lowest BCUT2D eigenvalue weighted by atomic mass is 9.94. The first-order chi connectivity index (χ1) is 16.5. The minimum absolute atomic E-state index is 0.158. The molecular weight excluding hydrogens is 428 g/mol. The Balaban J connectivity index is 1.31. The number of hydrogen-bond acceptors (Lipinski definition) is 4. The van der Waals surface area contributed by atoms with Gasteiger partial charge in [0.05, 0.1) is 12.0 Å². The largest absolute Gasteiger partial charge is 0.480 e. The van der Waals surface area contributed by atoms with Crippen molar-refractivity contribution < 1.29 is 14.7 Å². The van der Waals surface area contributed by atoms with Crippen LogP contribution in [0.4, 0.5) is 5.69 Å². The van der Waals surface area contributed by atoms with E-state index in [1.165, 1.54) is 11.3 Å². The Kier molecular flexibility index (Phi) is 7.62. The van der Waals surface area contributed by atoms with E-state index in [4.69, 9.17) is 0 Å². The molecule has 0 bridgehead atoms. The molecule has 1 fully saturated rings. The van der Waals surface area contributed by atoms with E-state index in [0.29, 0.717) is 25.1 Å². The van der Waals surface area contributed by atoms with Crippen molar-refractivity contribution >= 4 is 17.6 Å². The first-order valence-electron chi connectivity index (χ1n) is 11.9. The molecule has 1 aromatic heterocycles. The average Bonchev–Trinajstić information content (AvgIpc) is 3.31. The monoisotopic (exact) mass is 460 g/mol. The van der Waals surface area contributed by atoms with Gasteiger partial charge in [-0.3, -0.25) is 4.79 Å². The molecule has 7 heteroatoms. The molecule has 1 atom stereocenters. The van der Waals surface area contributed by atoms with Gasteiger partial charge in [-0.15, -0.1) is 0 Å². The van der Waals surface area contributed by atoms with Crippen LogP contribution < -0.4 is 10.2 Å². The van der Waals surface area contributed by atoms with Gasteiger partial charge >= 0.3 is 5.97 Å². The van der Waals surface area contributed by atoms with Crippen LogP contribution in [0.2, 0.25) is 0 Å². The van der Waals surface area contributed by atoms with Crippen molar-refractivity contribution in [3.8, 4) is 0 Å². The number of hydrogen-bond donors (Lipinski definition) is 2.